The van der Waals surface area contributed by atoms with Crippen molar-refractivity contribution in [2.24, 2.45) is 0 Å². The van der Waals surface area contributed by atoms with Crippen molar-refractivity contribution >= 4 is 29.0 Å². The van der Waals surface area contributed by atoms with Gasteiger partial charge in [0.05, 0.1) is 17.1 Å². The van der Waals surface area contributed by atoms with Crippen LogP contribution in [0.3, 0.4) is 0 Å². The molecule has 0 N–H and O–H groups in total. The molecule has 0 fully saturated rings. The Morgan fingerprint density at radius 3 is 2.65 bits per heavy atom. The number of Topliss-reactive ketones (excluding diaryl/α,β-unsaturated/α-hetero) is 1. The second-order valence-corrected chi connectivity index (χ2v) is 4.14. The Morgan fingerprint density at radius 2 is 1.94 bits per heavy atom. The third kappa shape index (κ3) is 3.02. The molecule has 1 aromatic carbocycles. The average Bonchev–Trinajstić information content (AvgIpc) is 2.29. The quantitative estimate of drug-likeness (QED) is 0.633. The van der Waals surface area contributed by atoms with Gasteiger partial charge in [0.2, 0.25) is 5.28 Å². The van der Waals surface area contributed by atoms with Crippen LogP contribution in [0, 0.1) is 0 Å². The number of carbonyl (C=O) groups excluding carboxylic acids is 1. The SMILES string of the molecule is O=C(Cc1ccnc(Cl)n1)c1ccccc1Cl. The molecule has 0 bridgehead atoms. The highest BCUT2D eigenvalue weighted by atomic mass is 35.5. The van der Waals surface area contributed by atoms with Gasteiger partial charge in [-0.15, -0.1) is 0 Å². The van der Waals surface area contributed by atoms with Gasteiger partial charge in [-0.05, 0) is 29.8 Å². The van der Waals surface area contributed by atoms with Gasteiger partial charge in [0.1, 0.15) is 0 Å². The van der Waals surface area contributed by atoms with Crippen LogP contribution in [0.2, 0.25) is 10.3 Å². The standard InChI is InChI=1S/C12H8Cl2N2O/c13-10-4-2-1-3-9(10)11(17)7-8-5-6-15-12(14)16-8/h1-6H,7H2. The molecule has 0 unspecified atom stereocenters. The van der Waals surface area contributed by atoms with Gasteiger partial charge >= 0.3 is 0 Å². The van der Waals surface area contributed by atoms with E-state index in [0.29, 0.717) is 16.3 Å². The summed E-state index contributed by atoms with van der Waals surface area (Å²) in [6, 6.07) is 8.57. The highest BCUT2D eigenvalue weighted by molar-refractivity contribution is 6.34. The largest absolute Gasteiger partial charge is 0.294 e. The van der Waals surface area contributed by atoms with Crippen LogP contribution < -0.4 is 0 Å². The fourth-order valence-electron chi connectivity index (χ4n) is 1.41. The number of carbonyl (C=O) groups is 1. The van der Waals surface area contributed by atoms with E-state index in [1.807, 2.05) is 0 Å². The molecule has 0 atom stereocenters. The zero-order chi connectivity index (χ0) is 12.3. The predicted molar refractivity (Wildman–Crippen MR) is 66.5 cm³/mol. The monoisotopic (exact) mass is 266 g/mol. The molecule has 5 heteroatoms. The highest BCUT2D eigenvalue weighted by Gasteiger charge is 2.11. The van der Waals surface area contributed by atoms with E-state index in [4.69, 9.17) is 23.2 Å². The number of rotatable bonds is 3. The van der Waals surface area contributed by atoms with Gasteiger partial charge in [0, 0.05) is 11.8 Å². The molecule has 0 aliphatic carbocycles. The van der Waals surface area contributed by atoms with Gasteiger partial charge in [0.25, 0.3) is 0 Å². The molecular formula is C12H8Cl2N2O. The van der Waals surface area contributed by atoms with Gasteiger partial charge in [0.15, 0.2) is 5.78 Å². The van der Waals surface area contributed by atoms with Crippen molar-refractivity contribution in [2.45, 2.75) is 6.42 Å². The summed E-state index contributed by atoms with van der Waals surface area (Å²) in [6.07, 6.45) is 1.68. The maximum Gasteiger partial charge on any atom is 0.222 e. The Hall–Kier alpha value is -1.45. The fraction of sp³-hybridized carbons (Fsp3) is 0.0833. The van der Waals surface area contributed by atoms with Crippen LogP contribution in [0.25, 0.3) is 0 Å². The molecular weight excluding hydrogens is 259 g/mol. The van der Waals surface area contributed by atoms with E-state index in [0.717, 1.165) is 0 Å². The average molecular weight is 267 g/mol. The second kappa shape index (κ2) is 5.25. The van der Waals surface area contributed by atoms with Gasteiger partial charge in [-0.1, -0.05) is 23.7 Å². The lowest BCUT2D eigenvalue weighted by molar-refractivity contribution is 0.0992. The van der Waals surface area contributed by atoms with Crippen molar-refractivity contribution in [3.05, 3.63) is 58.1 Å². The number of hydrogen-bond donors (Lipinski definition) is 0. The summed E-state index contributed by atoms with van der Waals surface area (Å²) in [6.45, 7) is 0. The van der Waals surface area contributed by atoms with E-state index < -0.39 is 0 Å². The molecule has 0 aliphatic rings. The fourth-order valence-corrected chi connectivity index (χ4v) is 1.82. The molecule has 0 radical (unpaired) electrons. The summed E-state index contributed by atoms with van der Waals surface area (Å²) >= 11 is 11.6. The number of aromatic nitrogens is 2. The highest BCUT2D eigenvalue weighted by Crippen LogP contribution is 2.17. The van der Waals surface area contributed by atoms with E-state index >= 15 is 0 Å². The van der Waals surface area contributed by atoms with Crippen molar-refractivity contribution in [1.29, 1.82) is 0 Å². The first kappa shape index (κ1) is 12.0. The van der Waals surface area contributed by atoms with Crippen LogP contribution in [-0.2, 0) is 6.42 Å². The lowest BCUT2D eigenvalue weighted by atomic mass is 10.1. The molecule has 0 saturated carbocycles. The Labute approximate surface area is 108 Å². The van der Waals surface area contributed by atoms with Crippen LogP contribution in [-0.4, -0.2) is 15.8 Å². The van der Waals surface area contributed by atoms with Crippen molar-refractivity contribution in [1.82, 2.24) is 9.97 Å². The topological polar surface area (TPSA) is 42.9 Å². The maximum absolute atomic E-state index is 12.0. The van der Waals surface area contributed by atoms with Crippen molar-refractivity contribution < 1.29 is 4.79 Å². The van der Waals surface area contributed by atoms with E-state index in [9.17, 15) is 4.79 Å². The summed E-state index contributed by atoms with van der Waals surface area (Å²) in [5.41, 5.74) is 1.07. The van der Waals surface area contributed by atoms with Crippen molar-refractivity contribution in [3.63, 3.8) is 0 Å². The molecule has 0 spiro atoms. The number of ketones is 1. The minimum atomic E-state index is -0.0923. The van der Waals surface area contributed by atoms with E-state index in [1.165, 1.54) is 6.20 Å². The van der Waals surface area contributed by atoms with Crippen LogP contribution in [0.4, 0.5) is 0 Å². The van der Waals surface area contributed by atoms with Crippen LogP contribution in [0.1, 0.15) is 16.1 Å². The minimum Gasteiger partial charge on any atom is -0.294 e. The molecule has 17 heavy (non-hydrogen) atoms. The number of hydrogen-bond acceptors (Lipinski definition) is 3. The first-order chi connectivity index (χ1) is 8.16. The molecule has 0 saturated heterocycles. The predicted octanol–water partition coefficient (Wildman–Crippen LogP) is 3.21. The Bertz CT molecular complexity index is 558. The number of nitrogens with zero attached hydrogens (tertiary/aromatic N) is 2. The van der Waals surface area contributed by atoms with E-state index in [-0.39, 0.29) is 17.5 Å². The van der Waals surface area contributed by atoms with E-state index in [1.54, 1.807) is 30.3 Å². The van der Waals surface area contributed by atoms with Gasteiger partial charge in [-0.2, -0.15) is 0 Å². The second-order valence-electron chi connectivity index (χ2n) is 3.40. The summed E-state index contributed by atoms with van der Waals surface area (Å²) in [4.78, 5) is 19.7. The van der Waals surface area contributed by atoms with Crippen molar-refractivity contribution in [3.8, 4) is 0 Å². The van der Waals surface area contributed by atoms with Crippen molar-refractivity contribution in [2.75, 3.05) is 0 Å². The third-order valence-corrected chi connectivity index (χ3v) is 2.71. The molecule has 1 heterocycles. The molecule has 3 nitrogen and oxygen atoms in total. The van der Waals surface area contributed by atoms with Gasteiger partial charge in [-0.3, -0.25) is 4.79 Å². The first-order valence-corrected chi connectivity index (χ1v) is 5.67. The van der Waals surface area contributed by atoms with E-state index in [2.05, 4.69) is 9.97 Å². The zero-order valence-corrected chi connectivity index (χ0v) is 10.2. The maximum atomic E-state index is 12.0. The molecule has 1 aromatic heterocycles. The summed E-state index contributed by atoms with van der Waals surface area (Å²) in [5, 5.41) is 0.576. The molecule has 2 rings (SSSR count). The van der Waals surface area contributed by atoms with Gasteiger partial charge < -0.3 is 0 Å². The Kier molecular flexibility index (Phi) is 3.71. The minimum absolute atomic E-state index is 0.0923. The zero-order valence-electron chi connectivity index (χ0n) is 8.73. The number of halogens is 2. The normalized spacial score (nSPS) is 10.2. The Balaban J connectivity index is 2.20. The molecule has 86 valence electrons. The smallest absolute Gasteiger partial charge is 0.222 e. The number of benzene rings is 1. The summed E-state index contributed by atoms with van der Waals surface area (Å²) < 4.78 is 0. The molecule has 0 aliphatic heterocycles. The molecule has 2 aromatic rings. The molecule has 0 amide bonds. The lowest BCUT2D eigenvalue weighted by Gasteiger charge is -2.02. The van der Waals surface area contributed by atoms with Gasteiger partial charge in [-0.25, -0.2) is 9.97 Å². The van der Waals surface area contributed by atoms with Crippen LogP contribution in [0.5, 0.6) is 0 Å². The van der Waals surface area contributed by atoms with Crippen LogP contribution >= 0.6 is 23.2 Å². The summed E-state index contributed by atoms with van der Waals surface area (Å²) in [7, 11) is 0. The van der Waals surface area contributed by atoms with Crippen LogP contribution in [0.15, 0.2) is 36.5 Å². The Morgan fingerprint density at radius 1 is 1.18 bits per heavy atom. The first-order valence-electron chi connectivity index (χ1n) is 4.92. The summed E-state index contributed by atoms with van der Waals surface area (Å²) in [5.74, 6) is -0.0923. The third-order valence-electron chi connectivity index (χ3n) is 2.20. The lowest BCUT2D eigenvalue weighted by Crippen LogP contribution is -2.06.